The summed E-state index contributed by atoms with van der Waals surface area (Å²) >= 11 is 4.25. The van der Waals surface area contributed by atoms with Crippen LogP contribution in [-0.2, 0) is 0 Å². The summed E-state index contributed by atoms with van der Waals surface area (Å²) in [6.45, 7) is 6.21. The van der Waals surface area contributed by atoms with Crippen molar-refractivity contribution in [2.45, 2.75) is 26.8 Å². The molecule has 0 aliphatic rings. The van der Waals surface area contributed by atoms with Crippen LogP contribution in [0, 0.1) is 20.8 Å². The molecule has 84 valence electrons. The Labute approximate surface area is 97.2 Å². The van der Waals surface area contributed by atoms with E-state index in [0.29, 0.717) is 5.75 Å². The van der Waals surface area contributed by atoms with Crippen LogP contribution >= 0.6 is 12.6 Å². The summed E-state index contributed by atoms with van der Waals surface area (Å²) in [6, 6.07) is 2.04. The molecular weight excluding hydrogens is 206 g/mol. The lowest BCUT2D eigenvalue weighted by Gasteiger charge is -2.19. The zero-order chi connectivity index (χ0) is 11.6. The quantitative estimate of drug-likeness (QED) is 0.775. The van der Waals surface area contributed by atoms with Crippen LogP contribution < -0.4 is 10.5 Å². The summed E-state index contributed by atoms with van der Waals surface area (Å²) in [5, 5.41) is 0. The first-order chi connectivity index (χ1) is 7.02. The van der Waals surface area contributed by atoms with Crippen molar-refractivity contribution in [2.75, 3.05) is 12.9 Å². The maximum absolute atomic E-state index is 6.04. The number of hydrogen-bond acceptors (Lipinski definition) is 3. The molecule has 15 heavy (non-hydrogen) atoms. The van der Waals surface area contributed by atoms with Crippen molar-refractivity contribution in [3.63, 3.8) is 0 Å². The van der Waals surface area contributed by atoms with E-state index in [1.807, 2.05) is 6.07 Å². The first-order valence-corrected chi connectivity index (χ1v) is 5.67. The van der Waals surface area contributed by atoms with Crippen LogP contribution in [-0.4, -0.2) is 12.9 Å². The minimum Gasteiger partial charge on any atom is -0.496 e. The van der Waals surface area contributed by atoms with Gasteiger partial charge in [0.25, 0.3) is 0 Å². The lowest BCUT2D eigenvalue weighted by molar-refractivity contribution is 0.410. The largest absolute Gasteiger partial charge is 0.496 e. The molecule has 2 nitrogen and oxygen atoms in total. The Balaban J connectivity index is 3.35. The number of thiol groups is 1. The number of nitrogens with two attached hydrogens (primary N) is 1. The summed E-state index contributed by atoms with van der Waals surface area (Å²) < 4.78 is 5.32. The van der Waals surface area contributed by atoms with Crippen molar-refractivity contribution < 1.29 is 4.74 Å². The number of ether oxygens (including phenoxy) is 1. The van der Waals surface area contributed by atoms with Crippen LogP contribution in [0.2, 0.25) is 0 Å². The fourth-order valence-corrected chi connectivity index (χ4v) is 2.12. The van der Waals surface area contributed by atoms with Crippen molar-refractivity contribution in [2.24, 2.45) is 5.73 Å². The highest BCUT2D eigenvalue weighted by Gasteiger charge is 2.15. The predicted molar refractivity (Wildman–Crippen MR) is 68.0 cm³/mol. The topological polar surface area (TPSA) is 35.2 Å². The van der Waals surface area contributed by atoms with Crippen molar-refractivity contribution in [3.05, 3.63) is 28.3 Å². The second-order valence-corrected chi connectivity index (χ2v) is 4.21. The minimum absolute atomic E-state index is 0.00191. The summed E-state index contributed by atoms with van der Waals surface area (Å²) in [4.78, 5) is 0. The number of rotatable bonds is 3. The van der Waals surface area contributed by atoms with E-state index in [1.165, 1.54) is 16.7 Å². The lowest BCUT2D eigenvalue weighted by Crippen LogP contribution is -2.15. The summed E-state index contributed by atoms with van der Waals surface area (Å²) in [6.07, 6.45) is 0. The molecule has 0 saturated heterocycles. The van der Waals surface area contributed by atoms with E-state index in [-0.39, 0.29) is 6.04 Å². The molecule has 1 aromatic rings. The molecule has 0 spiro atoms. The van der Waals surface area contributed by atoms with Crippen LogP contribution in [0.3, 0.4) is 0 Å². The third-order valence-corrected chi connectivity index (χ3v) is 3.29. The average Bonchev–Trinajstić information content (AvgIpc) is 2.23. The van der Waals surface area contributed by atoms with Gasteiger partial charge in [0.2, 0.25) is 0 Å². The van der Waals surface area contributed by atoms with E-state index >= 15 is 0 Å². The Hall–Kier alpha value is -0.670. The van der Waals surface area contributed by atoms with Gasteiger partial charge in [-0.3, -0.25) is 0 Å². The van der Waals surface area contributed by atoms with Crippen LogP contribution in [0.5, 0.6) is 5.75 Å². The molecule has 0 amide bonds. The second kappa shape index (κ2) is 4.90. The first-order valence-electron chi connectivity index (χ1n) is 5.04. The lowest BCUT2D eigenvalue weighted by atomic mass is 9.93. The number of benzene rings is 1. The Morgan fingerprint density at radius 3 is 2.40 bits per heavy atom. The van der Waals surface area contributed by atoms with E-state index in [1.54, 1.807) is 7.11 Å². The van der Waals surface area contributed by atoms with Crippen molar-refractivity contribution in [1.82, 2.24) is 0 Å². The van der Waals surface area contributed by atoms with E-state index < -0.39 is 0 Å². The third kappa shape index (κ3) is 2.29. The van der Waals surface area contributed by atoms with Crippen molar-refractivity contribution >= 4 is 12.6 Å². The van der Waals surface area contributed by atoms with E-state index in [0.717, 1.165) is 11.3 Å². The van der Waals surface area contributed by atoms with Gasteiger partial charge in [-0.2, -0.15) is 12.6 Å². The van der Waals surface area contributed by atoms with Gasteiger partial charge in [0.05, 0.1) is 7.11 Å². The monoisotopic (exact) mass is 225 g/mol. The molecule has 0 aliphatic heterocycles. The highest BCUT2D eigenvalue weighted by Crippen LogP contribution is 2.30. The number of methoxy groups -OCH3 is 1. The van der Waals surface area contributed by atoms with Gasteiger partial charge >= 0.3 is 0 Å². The highest BCUT2D eigenvalue weighted by molar-refractivity contribution is 7.80. The molecule has 1 atom stereocenters. The van der Waals surface area contributed by atoms with Crippen molar-refractivity contribution in [1.29, 1.82) is 0 Å². The Morgan fingerprint density at radius 2 is 1.93 bits per heavy atom. The molecule has 1 unspecified atom stereocenters. The van der Waals surface area contributed by atoms with Gasteiger partial charge in [0.15, 0.2) is 0 Å². The standard InChI is InChI=1S/C12H19NOS/c1-7-5-11(14-4)8(2)9(3)12(7)10(13)6-15/h5,10,15H,6,13H2,1-4H3. The molecule has 2 N–H and O–H groups in total. The van der Waals surface area contributed by atoms with Gasteiger partial charge in [0, 0.05) is 11.8 Å². The molecule has 0 aromatic heterocycles. The van der Waals surface area contributed by atoms with Gasteiger partial charge in [0.1, 0.15) is 5.75 Å². The minimum atomic E-state index is -0.00191. The molecule has 0 bridgehead atoms. The van der Waals surface area contributed by atoms with Gasteiger partial charge < -0.3 is 10.5 Å². The second-order valence-electron chi connectivity index (χ2n) is 3.85. The van der Waals surface area contributed by atoms with Crippen LogP contribution in [0.25, 0.3) is 0 Å². The Bertz CT molecular complexity index is 363. The molecule has 0 radical (unpaired) electrons. The van der Waals surface area contributed by atoms with E-state index in [2.05, 4.69) is 33.4 Å². The number of aryl methyl sites for hydroxylation is 1. The molecule has 0 saturated carbocycles. The smallest absolute Gasteiger partial charge is 0.122 e. The zero-order valence-corrected chi connectivity index (χ0v) is 10.7. The van der Waals surface area contributed by atoms with Gasteiger partial charge in [-0.15, -0.1) is 0 Å². The Morgan fingerprint density at radius 1 is 1.33 bits per heavy atom. The molecule has 0 fully saturated rings. The zero-order valence-electron chi connectivity index (χ0n) is 9.79. The fraction of sp³-hybridized carbons (Fsp3) is 0.500. The highest BCUT2D eigenvalue weighted by atomic mass is 32.1. The normalized spacial score (nSPS) is 12.7. The molecular formula is C12H19NOS. The number of hydrogen-bond donors (Lipinski definition) is 2. The maximum Gasteiger partial charge on any atom is 0.122 e. The molecule has 0 aliphatic carbocycles. The maximum atomic E-state index is 6.04. The summed E-state index contributed by atoms with van der Waals surface area (Å²) in [5.41, 5.74) is 10.8. The van der Waals surface area contributed by atoms with E-state index in [4.69, 9.17) is 10.5 Å². The molecule has 3 heteroatoms. The molecule has 1 rings (SSSR count). The summed E-state index contributed by atoms with van der Waals surface area (Å²) in [5.74, 6) is 1.59. The fourth-order valence-electron chi connectivity index (χ4n) is 1.94. The first kappa shape index (κ1) is 12.4. The van der Waals surface area contributed by atoms with Gasteiger partial charge in [-0.05, 0) is 49.1 Å². The van der Waals surface area contributed by atoms with Gasteiger partial charge in [-0.1, -0.05) is 0 Å². The molecule has 0 heterocycles. The average molecular weight is 225 g/mol. The van der Waals surface area contributed by atoms with Crippen LogP contribution in [0.1, 0.15) is 28.3 Å². The van der Waals surface area contributed by atoms with E-state index in [9.17, 15) is 0 Å². The predicted octanol–water partition coefficient (Wildman–Crippen LogP) is 2.55. The van der Waals surface area contributed by atoms with Crippen LogP contribution in [0.4, 0.5) is 0 Å². The SMILES string of the molecule is COc1cc(C)c(C(N)CS)c(C)c1C. The van der Waals surface area contributed by atoms with Gasteiger partial charge in [-0.25, -0.2) is 0 Å². The van der Waals surface area contributed by atoms with Crippen molar-refractivity contribution in [3.8, 4) is 5.75 Å². The molecule has 1 aromatic carbocycles. The van der Waals surface area contributed by atoms with Crippen LogP contribution in [0.15, 0.2) is 6.07 Å². The summed E-state index contributed by atoms with van der Waals surface area (Å²) in [7, 11) is 1.69. The third-order valence-electron chi connectivity index (χ3n) is 2.90. The Kier molecular flexibility index (Phi) is 4.05.